The van der Waals surface area contributed by atoms with Crippen molar-refractivity contribution in [1.29, 1.82) is 0 Å². The van der Waals surface area contributed by atoms with E-state index in [9.17, 15) is 17.6 Å². The summed E-state index contributed by atoms with van der Waals surface area (Å²) < 4.78 is 38.8. The Bertz CT molecular complexity index is 598. The number of carboxylic acids is 1. The van der Waals surface area contributed by atoms with Crippen LogP contribution in [0.25, 0.3) is 0 Å². The van der Waals surface area contributed by atoms with Crippen LogP contribution in [0.2, 0.25) is 0 Å². The highest BCUT2D eigenvalue weighted by atomic mass is 32.2. The molecule has 1 aromatic carbocycles. The van der Waals surface area contributed by atoms with Crippen molar-refractivity contribution in [1.82, 2.24) is 4.31 Å². The van der Waals surface area contributed by atoms with E-state index in [4.69, 9.17) is 5.11 Å². The van der Waals surface area contributed by atoms with Gasteiger partial charge in [0, 0.05) is 13.1 Å². The van der Waals surface area contributed by atoms with Gasteiger partial charge < -0.3 is 5.11 Å². The van der Waals surface area contributed by atoms with E-state index in [2.05, 4.69) is 6.58 Å². The van der Waals surface area contributed by atoms with Crippen molar-refractivity contribution in [2.24, 2.45) is 0 Å². The number of sulfonamides is 1. The van der Waals surface area contributed by atoms with Crippen LogP contribution in [0.15, 0.2) is 35.7 Å². The van der Waals surface area contributed by atoms with Crippen LogP contribution in [-0.4, -0.2) is 36.9 Å². The maximum Gasteiger partial charge on any atom is 0.335 e. The normalized spacial score (nSPS) is 11.5. The Balaban J connectivity index is 3.35. The summed E-state index contributed by atoms with van der Waals surface area (Å²) in [6.07, 6.45) is 1.40. The number of aromatic carboxylic acids is 1. The first-order valence-corrected chi connectivity index (χ1v) is 6.91. The molecule has 1 N–H and O–H groups in total. The highest BCUT2D eigenvalue weighted by molar-refractivity contribution is 7.89. The first-order valence-electron chi connectivity index (χ1n) is 5.47. The van der Waals surface area contributed by atoms with E-state index in [0.717, 1.165) is 22.5 Å². The number of benzene rings is 1. The number of rotatable bonds is 6. The fourth-order valence-electron chi connectivity index (χ4n) is 1.53. The minimum Gasteiger partial charge on any atom is -0.478 e. The predicted molar refractivity (Wildman–Crippen MR) is 68.0 cm³/mol. The van der Waals surface area contributed by atoms with Gasteiger partial charge in [0.25, 0.3) is 0 Å². The minimum absolute atomic E-state index is 0.0672. The van der Waals surface area contributed by atoms with E-state index >= 15 is 0 Å². The summed E-state index contributed by atoms with van der Waals surface area (Å²) in [6, 6.07) is 2.51. The summed E-state index contributed by atoms with van der Waals surface area (Å²) in [5, 5.41) is 8.81. The molecule has 0 aromatic heterocycles. The van der Waals surface area contributed by atoms with Gasteiger partial charge in [0.05, 0.1) is 10.5 Å². The van der Waals surface area contributed by atoms with E-state index in [1.54, 1.807) is 6.92 Å². The maximum atomic E-state index is 13.3. The Morgan fingerprint density at radius 3 is 2.58 bits per heavy atom. The minimum atomic E-state index is -3.93. The van der Waals surface area contributed by atoms with Gasteiger partial charge in [0.15, 0.2) is 0 Å². The fraction of sp³-hybridized carbons (Fsp3) is 0.250. The molecule has 0 unspecified atom stereocenters. The lowest BCUT2D eigenvalue weighted by Gasteiger charge is -2.18. The number of likely N-dealkylation sites (N-methyl/N-ethyl adjacent to an activating group) is 1. The lowest BCUT2D eigenvalue weighted by atomic mass is 10.2. The van der Waals surface area contributed by atoms with Gasteiger partial charge in [0.1, 0.15) is 5.82 Å². The van der Waals surface area contributed by atoms with Gasteiger partial charge in [-0.15, -0.1) is 6.58 Å². The Hall–Kier alpha value is -1.73. The first kappa shape index (κ1) is 15.3. The molecule has 104 valence electrons. The molecule has 5 nitrogen and oxygen atoms in total. The average molecular weight is 287 g/mol. The summed E-state index contributed by atoms with van der Waals surface area (Å²) in [7, 11) is -3.93. The van der Waals surface area contributed by atoms with E-state index in [1.165, 1.54) is 6.08 Å². The molecule has 7 heteroatoms. The van der Waals surface area contributed by atoms with Crippen LogP contribution in [-0.2, 0) is 10.0 Å². The Kier molecular flexibility index (Phi) is 4.79. The third-order valence-electron chi connectivity index (χ3n) is 2.44. The van der Waals surface area contributed by atoms with Crippen LogP contribution >= 0.6 is 0 Å². The van der Waals surface area contributed by atoms with Crippen LogP contribution in [0.3, 0.4) is 0 Å². The molecule has 1 aromatic rings. The van der Waals surface area contributed by atoms with Gasteiger partial charge in [-0.05, 0) is 18.2 Å². The topological polar surface area (TPSA) is 74.7 Å². The van der Waals surface area contributed by atoms with Gasteiger partial charge >= 0.3 is 5.97 Å². The molecule has 0 atom stereocenters. The Morgan fingerprint density at radius 2 is 2.11 bits per heavy atom. The van der Waals surface area contributed by atoms with Crippen LogP contribution < -0.4 is 0 Å². The maximum absolute atomic E-state index is 13.3. The number of hydrogen-bond donors (Lipinski definition) is 1. The monoisotopic (exact) mass is 287 g/mol. The molecule has 0 heterocycles. The lowest BCUT2D eigenvalue weighted by molar-refractivity contribution is 0.0696. The molecule has 0 radical (unpaired) electrons. The molecule has 0 aliphatic rings. The largest absolute Gasteiger partial charge is 0.478 e. The SMILES string of the molecule is C=CCN(CC)S(=O)(=O)c1cc(F)cc(C(=O)O)c1. The molecule has 0 fully saturated rings. The summed E-state index contributed by atoms with van der Waals surface area (Å²) >= 11 is 0. The van der Waals surface area contributed by atoms with Crippen LogP contribution in [0, 0.1) is 5.82 Å². The molecular weight excluding hydrogens is 273 g/mol. The van der Waals surface area contributed by atoms with E-state index in [1.807, 2.05) is 0 Å². The summed E-state index contributed by atoms with van der Waals surface area (Å²) in [5.41, 5.74) is -0.409. The molecule has 0 saturated carbocycles. The number of carboxylic acid groups (broad SMARTS) is 1. The fourth-order valence-corrected chi connectivity index (χ4v) is 3.00. The zero-order valence-corrected chi connectivity index (χ0v) is 11.2. The summed E-state index contributed by atoms with van der Waals surface area (Å²) in [4.78, 5) is 10.4. The van der Waals surface area contributed by atoms with Crippen molar-refractivity contribution in [3.63, 3.8) is 0 Å². The zero-order chi connectivity index (χ0) is 14.6. The molecule has 1 rings (SSSR count). The number of hydrogen-bond acceptors (Lipinski definition) is 3. The first-order chi connectivity index (χ1) is 8.82. The van der Waals surface area contributed by atoms with E-state index in [0.29, 0.717) is 0 Å². The second kappa shape index (κ2) is 5.94. The highest BCUT2D eigenvalue weighted by Crippen LogP contribution is 2.19. The second-order valence-electron chi connectivity index (χ2n) is 3.73. The summed E-state index contributed by atoms with van der Waals surface area (Å²) in [5.74, 6) is -2.30. The molecule has 0 aliphatic carbocycles. The van der Waals surface area contributed by atoms with Gasteiger partial charge in [-0.2, -0.15) is 4.31 Å². The molecular formula is C12H14FNO4S. The zero-order valence-electron chi connectivity index (χ0n) is 10.3. The van der Waals surface area contributed by atoms with E-state index < -0.39 is 27.4 Å². The number of carbonyl (C=O) groups is 1. The van der Waals surface area contributed by atoms with Gasteiger partial charge in [-0.3, -0.25) is 0 Å². The van der Waals surface area contributed by atoms with Crippen molar-refractivity contribution >= 4 is 16.0 Å². The van der Waals surface area contributed by atoms with Crippen LogP contribution in [0.4, 0.5) is 4.39 Å². The summed E-state index contributed by atoms with van der Waals surface area (Å²) in [6.45, 7) is 5.31. The molecule has 0 saturated heterocycles. The second-order valence-corrected chi connectivity index (χ2v) is 5.66. The predicted octanol–water partition coefficient (Wildman–Crippen LogP) is 1.72. The molecule has 19 heavy (non-hydrogen) atoms. The van der Waals surface area contributed by atoms with Crippen molar-refractivity contribution < 1.29 is 22.7 Å². The number of halogens is 1. The molecule has 0 amide bonds. The Labute approximate surface area is 111 Å². The van der Waals surface area contributed by atoms with Gasteiger partial charge in [-0.25, -0.2) is 17.6 Å². The third-order valence-corrected chi connectivity index (χ3v) is 4.36. The Morgan fingerprint density at radius 1 is 1.47 bits per heavy atom. The highest BCUT2D eigenvalue weighted by Gasteiger charge is 2.24. The van der Waals surface area contributed by atoms with Crippen LogP contribution in [0.5, 0.6) is 0 Å². The van der Waals surface area contributed by atoms with Gasteiger partial charge in [0.2, 0.25) is 10.0 Å². The van der Waals surface area contributed by atoms with Crippen molar-refractivity contribution in [3.8, 4) is 0 Å². The smallest absolute Gasteiger partial charge is 0.335 e. The quantitative estimate of drug-likeness (QED) is 0.808. The lowest BCUT2D eigenvalue weighted by Crippen LogP contribution is -2.31. The van der Waals surface area contributed by atoms with Crippen LogP contribution in [0.1, 0.15) is 17.3 Å². The van der Waals surface area contributed by atoms with Crippen molar-refractivity contribution in [3.05, 3.63) is 42.2 Å². The van der Waals surface area contributed by atoms with Crippen molar-refractivity contribution in [2.45, 2.75) is 11.8 Å². The standard InChI is InChI=1S/C12H14FNO4S/c1-3-5-14(4-2)19(17,18)11-7-9(12(15)16)6-10(13)8-11/h3,6-8H,1,4-5H2,2H3,(H,15,16). The van der Waals surface area contributed by atoms with Crippen molar-refractivity contribution in [2.75, 3.05) is 13.1 Å². The number of nitrogens with zero attached hydrogens (tertiary/aromatic N) is 1. The molecule has 0 bridgehead atoms. The van der Waals surface area contributed by atoms with Gasteiger partial charge in [-0.1, -0.05) is 13.0 Å². The molecule has 0 aliphatic heterocycles. The third kappa shape index (κ3) is 3.39. The van der Waals surface area contributed by atoms with E-state index in [-0.39, 0.29) is 18.0 Å². The molecule has 0 spiro atoms. The average Bonchev–Trinajstić information content (AvgIpc) is 2.34.